The van der Waals surface area contributed by atoms with Crippen LogP contribution in [0.5, 0.6) is 0 Å². The highest BCUT2D eigenvalue weighted by atomic mass is 32.1. The summed E-state index contributed by atoms with van der Waals surface area (Å²) in [5.41, 5.74) is 2.61. The Morgan fingerprint density at radius 2 is 2.17 bits per heavy atom. The standard InChI is InChI=1S/C16H19N5O2S/c1-8-2-3-21(8)16-18-14-13(24-7-17-14)15(19-16)20-5-10-9(4-12(22)23)11(10)6-20/h7-11H,2-6H2,1H3,(H,22,23)/t8-,9?,10-,11+/m0/s1. The normalized spacial score (nSPS) is 31.2. The molecule has 3 aliphatic rings. The molecule has 0 aromatic carbocycles. The fourth-order valence-corrected chi connectivity index (χ4v) is 4.96. The Morgan fingerprint density at radius 3 is 2.79 bits per heavy atom. The van der Waals surface area contributed by atoms with Gasteiger partial charge in [0.2, 0.25) is 5.95 Å². The van der Waals surface area contributed by atoms with Crippen LogP contribution in [0.15, 0.2) is 5.51 Å². The molecule has 1 aliphatic carbocycles. The van der Waals surface area contributed by atoms with E-state index < -0.39 is 5.97 Å². The summed E-state index contributed by atoms with van der Waals surface area (Å²) in [4.78, 5) is 29.3. The number of hydrogen-bond donors (Lipinski definition) is 1. The molecule has 0 spiro atoms. The Hall–Kier alpha value is -1.96. The van der Waals surface area contributed by atoms with Crippen molar-refractivity contribution in [2.45, 2.75) is 25.8 Å². The fraction of sp³-hybridized carbons (Fsp3) is 0.625. The molecule has 0 radical (unpaired) electrons. The number of anilines is 2. The number of fused-ring (bicyclic) bond motifs is 2. The summed E-state index contributed by atoms with van der Waals surface area (Å²) < 4.78 is 1.04. The summed E-state index contributed by atoms with van der Waals surface area (Å²) in [5.74, 6) is 2.45. The highest BCUT2D eigenvalue weighted by Crippen LogP contribution is 2.54. The first-order chi connectivity index (χ1) is 11.6. The zero-order valence-electron chi connectivity index (χ0n) is 13.4. The lowest BCUT2D eigenvalue weighted by molar-refractivity contribution is -0.137. The van der Waals surface area contributed by atoms with Crippen LogP contribution in [0.1, 0.15) is 19.8 Å². The average Bonchev–Trinajstić information content (AvgIpc) is 2.97. The number of piperidine rings is 1. The number of carboxylic acid groups (broad SMARTS) is 1. The second-order valence-electron chi connectivity index (χ2n) is 7.18. The molecule has 1 N–H and O–H groups in total. The largest absolute Gasteiger partial charge is 0.481 e. The van der Waals surface area contributed by atoms with E-state index in [0.29, 0.717) is 30.2 Å². The number of nitrogens with zero attached hydrogens (tertiary/aromatic N) is 5. The molecule has 4 heterocycles. The minimum absolute atomic E-state index is 0.305. The lowest BCUT2D eigenvalue weighted by atomic mass is 10.1. The summed E-state index contributed by atoms with van der Waals surface area (Å²) in [7, 11) is 0. The average molecular weight is 345 g/mol. The Bertz CT molecular complexity index is 812. The van der Waals surface area contributed by atoms with Crippen LogP contribution in [0.3, 0.4) is 0 Å². The van der Waals surface area contributed by atoms with Crippen molar-refractivity contribution in [2.24, 2.45) is 17.8 Å². The summed E-state index contributed by atoms with van der Waals surface area (Å²) in [6.45, 7) is 5.00. The Labute approximate surface area is 143 Å². The molecule has 0 amide bonds. The van der Waals surface area contributed by atoms with Gasteiger partial charge in [-0.15, -0.1) is 11.3 Å². The zero-order valence-corrected chi connectivity index (χ0v) is 14.2. The lowest BCUT2D eigenvalue weighted by Crippen LogP contribution is -2.46. The summed E-state index contributed by atoms with van der Waals surface area (Å²) in [6.07, 6.45) is 1.48. The zero-order chi connectivity index (χ0) is 16.4. The topological polar surface area (TPSA) is 82.5 Å². The highest BCUT2D eigenvalue weighted by molar-refractivity contribution is 7.17. The summed E-state index contributed by atoms with van der Waals surface area (Å²) >= 11 is 1.58. The van der Waals surface area contributed by atoms with Crippen molar-refractivity contribution in [3.8, 4) is 0 Å². The van der Waals surface area contributed by atoms with Gasteiger partial charge >= 0.3 is 5.97 Å². The van der Waals surface area contributed by atoms with Crippen molar-refractivity contribution in [2.75, 3.05) is 29.4 Å². The minimum atomic E-state index is -0.679. The van der Waals surface area contributed by atoms with Crippen LogP contribution >= 0.6 is 11.3 Å². The van der Waals surface area contributed by atoms with Crippen molar-refractivity contribution < 1.29 is 9.90 Å². The van der Waals surface area contributed by atoms with Gasteiger partial charge in [-0.05, 0) is 31.1 Å². The second kappa shape index (κ2) is 5.02. The number of rotatable bonds is 4. The van der Waals surface area contributed by atoms with Gasteiger partial charge < -0.3 is 14.9 Å². The van der Waals surface area contributed by atoms with Crippen molar-refractivity contribution in [3.63, 3.8) is 0 Å². The molecule has 2 aromatic heterocycles. The first-order valence-corrected chi connectivity index (χ1v) is 9.34. The van der Waals surface area contributed by atoms with Crippen LogP contribution in [0.25, 0.3) is 10.3 Å². The van der Waals surface area contributed by atoms with Gasteiger partial charge in [-0.3, -0.25) is 4.79 Å². The molecule has 2 aliphatic heterocycles. The third-order valence-electron chi connectivity index (χ3n) is 5.82. The Balaban J connectivity index is 1.43. The molecule has 2 aromatic rings. The predicted octanol–water partition coefficient (Wildman–Crippen LogP) is 1.84. The van der Waals surface area contributed by atoms with Crippen LogP contribution in [0, 0.1) is 17.8 Å². The molecule has 8 heteroatoms. The molecular formula is C16H19N5O2S. The third kappa shape index (κ3) is 2.08. The predicted molar refractivity (Wildman–Crippen MR) is 91.6 cm³/mol. The second-order valence-corrected chi connectivity index (χ2v) is 8.03. The van der Waals surface area contributed by atoms with E-state index in [-0.39, 0.29) is 0 Å². The Morgan fingerprint density at radius 1 is 1.38 bits per heavy atom. The molecule has 3 fully saturated rings. The van der Waals surface area contributed by atoms with Crippen LogP contribution in [0.2, 0.25) is 0 Å². The van der Waals surface area contributed by atoms with E-state index in [2.05, 4.69) is 26.7 Å². The van der Waals surface area contributed by atoms with Gasteiger partial charge in [0.15, 0.2) is 11.5 Å². The molecular weight excluding hydrogens is 326 g/mol. The smallest absolute Gasteiger partial charge is 0.303 e. The van der Waals surface area contributed by atoms with Crippen LogP contribution in [-0.4, -0.2) is 51.7 Å². The number of carboxylic acids is 1. The Kier molecular flexibility index (Phi) is 3.01. The molecule has 1 unspecified atom stereocenters. The number of aromatic nitrogens is 3. The first kappa shape index (κ1) is 14.4. The number of carbonyl (C=O) groups is 1. The van der Waals surface area contributed by atoms with Crippen LogP contribution < -0.4 is 9.80 Å². The maximum absolute atomic E-state index is 10.9. The van der Waals surface area contributed by atoms with E-state index in [1.165, 1.54) is 6.42 Å². The fourth-order valence-electron chi connectivity index (χ4n) is 4.22. The maximum atomic E-state index is 10.9. The van der Waals surface area contributed by atoms with Crippen molar-refractivity contribution in [1.29, 1.82) is 0 Å². The first-order valence-electron chi connectivity index (χ1n) is 8.46. The van der Waals surface area contributed by atoms with Crippen molar-refractivity contribution in [3.05, 3.63) is 5.51 Å². The number of aliphatic carboxylic acids is 1. The quantitative estimate of drug-likeness (QED) is 0.905. The van der Waals surface area contributed by atoms with Crippen LogP contribution in [0.4, 0.5) is 11.8 Å². The number of thiazole rings is 1. The monoisotopic (exact) mass is 345 g/mol. The summed E-state index contributed by atoms with van der Waals surface area (Å²) in [5, 5.41) is 8.99. The van der Waals surface area contributed by atoms with Gasteiger partial charge in [-0.2, -0.15) is 9.97 Å². The summed E-state index contributed by atoms with van der Waals surface area (Å²) in [6, 6.07) is 0.487. The van der Waals surface area contributed by atoms with Gasteiger partial charge in [0.05, 0.1) is 5.51 Å². The third-order valence-corrected chi connectivity index (χ3v) is 6.63. The van der Waals surface area contributed by atoms with Gasteiger partial charge in [0, 0.05) is 32.1 Å². The molecule has 126 valence electrons. The molecule has 1 saturated carbocycles. The SMILES string of the molecule is C[C@H]1CCN1c1nc(N2C[C@@H]3C(CC(=O)O)[C@@H]3C2)c2scnc2n1. The van der Waals surface area contributed by atoms with Gasteiger partial charge in [0.25, 0.3) is 0 Å². The van der Waals surface area contributed by atoms with Crippen molar-refractivity contribution >= 4 is 39.4 Å². The van der Waals surface area contributed by atoms with E-state index in [0.717, 1.165) is 41.7 Å². The van der Waals surface area contributed by atoms with E-state index in [1.54, 1.807) is 11.3 Å². The molecule has 7 nitrogen and oxygen atoms in total. The molecule has 5 rings (SSSR count). The van der Waals surface area contributed by atoms with E-state index >= 15 is 0 Å². The van der Waals surface area contributed by atoms with Gasteiger partial charge in [-0.1, -0.05) is 0 Å². The molecule has 4 atom stereocenters. The van der Waals surface area contributed by atoms with E-state index in [1.807, 2.05) is 5.51 Å². The number of hydrogen-bond acceptors (Lipinski definition) is 7. The molecule has 24 heavy (non-hydrogen) atoms. The lowest BCUT2D eigenvalue weighted by Gasteiger charge is -2.39. The highest BCUT2D eigenvalue weighted by Gasteiger charge is 2.56. The van der Waals surface area contributed by atoms with Crippen molar-refractivity contribution in [1.82, 2.24) is 15.0 Å². The maximum Gasteiger partial charge on any atom is 0.303 e. The van der Waals surface area contributed by atoms with Crippen LogP contribution in [-0.2, 0) is 4.79 Å². The minimum Gasteiger partial charge on any atom is -0.481 e. The van der Waals surface area contributed by atoms with Gasteiger partial charge in [-0.25, -0.2) is 4.98 Å². The molecule has 2 saturated heterocycles. The van der Waals surface area contributed by atoms with Gasteiger partial charge in [0.1, 0.15) is 4.70 Å². The van der Waals surface area contributed by atoms with E-state index in [4.69, 9.17) is 10.1 Å². The van der Waals surface area contributed by atoms with E-state index in [9.17, 15) is 4.79 Å². The molecule has 0 bridgehead atoms.